The topological polar surface area (TPSA) is 55.4 Å². The molecule has 0 N–H and O–H groups in total. The van der Waals surface area contributed by atoms with Crippen molar-refractivity contribution >= 4 is 203 Å². The quantitative estimate of drug-likeness (QED) is 0.113. The third-order valence-electron chi connectivity index (χ3n) is 28.0. The number of nitrogens with zero attached hydrogens (tertiary/aromatic N) is 7. The lowest BCUT2D eigenvalue weighted by molar-refractivity contribution is 0.482. The summed E-state index contributed by atoms with van der Waals surface area (Å²) in [6.07, 6.45) is 0. The van der Waals surface area contributed by atoms with E-state index in [1.807, 2.05) is 0 Å². The Morgan fingerprint density at radius 1 is 0.213 bits per heavy atom. The summed E-state index contributed by atoms with van der Waals surface area (Å²) in [7, 11) is 0. The predicted molar refractivity (Wildman–Crippen MR) is 530 cm³/mol. The number of aromatic nitrogens is 3. The molecule has 0 bridgehead atoms. The standard InChI is InChI=1S/C114H78B3N7O3/c1-67-34-40-76(41-35-67)118(79-49-55-100-88(61-79)85-28-16-19-31-97(85)121(100)73-22-10-7-11-23-73)82-46-52-91-103(64-82)125-112-70(4)58-95-110-106(112)115(91)94-59-71(5)113-107-109(94)124(110)111-96(117(107)93-54-48-84(66-105(93)126-113)120(78-44-38-69(3)39-45-78)81-51-57-102-90(63-81)87-30-18-21-33-99(87)123(102)75-26-14-9-15-27-75)60-72(6)114-108(111)116(95)92-53-47-83(65-104(92)127-114)119(77-42-36-68(2)37-43-77)80-50-56-101-89(62-80)86-29-17-20-32-98(86)122(101)74-24-12-8-13-25-74/h7-66H,1-6H3. The van der Waals surface area contributed by atoms with E-state index in [-0.39, 0.29) is 20.1 Å². The molecular weight excluding hydrogens is 1550 g/mol. The van der Waals surface area contributed by atoms with Crippen LogP contribution in [0.3, 0.4) is 0 Å². The average Bonchev–Trinajstić information content (AvgIpc) is 1.19. The van der Waals surface area contributed by atoms with Crippen LogP contribution in [0, 0.1) is 41.5 Å². The van der Waals surface area contributed by atoms with E-state index in [4.69, 9.17) is 14.2 Å². The van der Waals surface area contributed by atoms with Gasteiger partial charge in [-0.2, -0.15) is 0 Å². The lowest BCUT2D eigenvalue weighted by Crippen LogP contribution is -2.73. The van der Waals surface area contributed by atoms with Gasteiger partial charge in [-0.25, -0.2) is 0 Å². The van der Waals surface area contributed by atoms with E-state index in [2.05, 4.69) is 439 Å². The number of hydrogen-bond acceptors (Lipinski definition) is 7. The van der Waals surface area contributed by atoms with Gasteiger partial charge in [0.2, 0.25) is 0 Å². The van der Waals surface area contributed by atoms with Crippen LogP contribution in [0.25, 0.3) is 82.5 Å². The number of fused-ring (bicyclic) bond motifs is 18. The minimum atomic E-state index is -0.256. The van der Waals surface area contributed by atoms with Gasteiger partial charge in [-0.15, -0.1) is 0 Å². The molecule has 596 valence electrons. The molecule has 18 aromatic carbocycles. The van der Waals surface area contributed by atoms with Crippen molar-refractivity contribution < 1.29 is 14.2 Å². The second kappa shape index (κ2) is 26.8. The van der Waals surface area contributed by atoms with Crippen LogP contribution >= 0.6 is 0 Å². The van der Waals surface area contributed by atoms with Crippen molar-refractivity contribution in [2.75, 3.05) is 19.6 Å². The molecule has 3 aromatic heterocycles. The monoisotopic (exact) mass is 1630 g/mol. The highest BCUT2D eigenvalue weighted by atomic mass is 16.5. The van der Waals surface area contributed by atoms with E-state index in [9.17, 15) is 0 Å². The Labute approximate surface area is 736 Å². The Bertz CT molecular complexity index is 7580. The number of benzene rings is 18. The fourth-order valence-corrected chi connectivity index (χ4v) is 22.5. The molecule has 9 heterocycles. The molecule has 0 fully saturated rings. The van der Waals surface area contributed by atoms with Crippen molar-refractivity contribution in [2.24, 2.45) is 0 Å². The molecule has 0 saturated carbocycles. The zero-order valence-corrected chi connectivity index (χ0v) is 70.7. The van der Waals surface area contributed by atoms with Gasteiger partial charge in [0.05, 0.1) is 33.1 Å². The molecule has 6 aliphatic heterocycles. The first-order valence-corrected chi connectivity index (χ1v) is 44.1. The van der Waals surface area contributed by atoms with E-state index in [0.29, 0.717) is 0 Å². The van der Waals surface area contributed by atoms with E-state index >= 15 is 0 Å². The number of aryl methyl sites for hydroxylation is 6. The highest BCUT2D eigenvalue weighted by Crippen LogP contribution is 2.53. The summed E-state index contributed by atoms with van der Waals surface area (Å²) >= 11 is 0. The maximum absolute atomic E-state index is 7.84. The SMILES string of the molecule is Cc1ccc(N(c2ccc3c(c2)Oc2c(C)cc4c5c2B3c2cc(C)c3c6c2N5c2c(cc(C)c5c2B4c2ccc(N(c4ccc(C)cc4)c4ccc7c(c4)c4ccccc4n7-c4ccccc4)cc2O5)B6c2ccc(N(c4ccc(C)cc4)c4ccc5c(c4)c4ccccc4n5-c4ccccc4)cc2O3)c2ccc3c(c2)c2ccccc2n3-c2ccccc2)cc1. The summed E-state index contributed by atoms with van der Waals surface area (Å²) in [6, 6.07) is 135. The molecule has 6 aliphatic rings. The minimum absolute atomic E-state index is 0.256. The van der Waals surface area contributed by atoms with Gasteiger partial charge in [0.15, 0.2) is 0 Å². The Kier molecular flexibility index (Phi) is 15.1. The van der Waals surface area contributed by atoms with E-state index in [1.54, 1.807) is 0 Å². The van der Waals surface area contributed by atoms with Crippen LogP contribution < -0.4 is 83.0 Å². The third kappa shape index (κ3) is 10.3. The molecule has 0 spiro atoms. The van der Waals surface area contributed by atoms with Crippen LogP contribution in [0.2, 0.25) is 0 Å². The fraction of sp³-hybridized carbons (Fsp3) is 0.0526. The van der Waals surface area contributed by atoms with Crippen LogP contribution in [0.1, 0.15) is 33.4 Å². The number of para-hydroxylation sites is 6. The molecular formula is C114H78B3N7O3. The lowest BCUT2D eigenvalue weighted by Gasteiger charge is -2.52. The lowest BCUT2D eigenvalue weighted by atomic mass is 9.25. The van der Waals surface area contributed by atoms with Gasteiger partial charge in [-0.3, -0.25) is 0 Å². The Morgan fingerprint density at radius 3 is 0.748 bits per heavy atom. The first-order valence-electron chi connectivity index (χ1n) is 44.1. The molecule has 0 atom stereocenters. The van der Waals surface area contributed by atoms with Gasteiger partial charge in [0.25, 0.3) is 20.1 Å². The summed E-state index contributed by atoms with van der Waals surface area (Å²) in [5.74, 6) is 5.14. The Hall–Kier alpha value is -15.8. The summed E-state index contributed by atoms with van der Waals surface area (Å²) in [4.78, 5) is 9.89. The van der Waals surface area contributed by atoms with Gasteiger partial charge >= 0.3 is 0 Å². The van der Waals surface area contributed by atoms with Gasteiger partial charge in [-0.1, -0.05) is 199 Å². The zero-order valence-electron chi connectivity index (χ0n) is 70.7. The highest BCUT2D eigenvalue weighted by molar-refractivity contribution is 7.07. The molecule has 127 heavy (non-hydrogen) atoms. The molecule has 13 heteroatoms. The van der Waals surface area contributed by atoms with E-state index < -0.39 is 0 Å². The van der Waals surface area contributed by atoms with Crippen LogP contribution in [0.15, 0.2) is 364 Å². The van der Waals surface area contributed by atoms with Crippen molar-refractivity contribution in [1.29, 1.82) is 0 Å². The number of ether oxygens (including phenoxy) is 3. The molecule has 10 nitrogen and oxygen atoms in total. The van der Waals surface area contributed by atoms with Crippen molar-refractivity contribution in [1.82, 2.24) is 13.7 Å². The van der Waals surface area contributed by atoms with E-state index in [1.165, 1.54) is 81.8 Å². The normalized spacial score (nSPS) is 13.1. The first-order chi connectivity index (χ1) is 62.5. The highest BCUT2D eigenvalue weighted by Gasteiger charge is 2.57. The van der Waals surface area contributed by atoms with Crippen molar-refractivity contribution in [3.63, 3.8) is 0 Å². The van der Waals surface area contributed by atoms with Crippen LogP contribution in [-0.2, 0) is 0 Å². The molecule has 0 amide bonds. The predicted octanol–water partition coefficient (Wildman–Crippen LogP) is 23.5. The second-order valence-corrected chi connectivity index (χ2v) is 35.4. The van der Waals surface area contributed by atoms with Gasteiger partial charge in [0, 0.05) is 136 Å². The van der Waals surface area contributed by atoms with Gasteiger partial charge < -0.3 is 47.5 Å². The number of rotatable bonds is 12. The van der Waals surface area contributed by atoms with Crippen LogP contribution in [0.5, 0.6) is 34.5 Å². The maximum atomic E-state index is 7.84. The third-order valence-corrected chi connectivity index (χ3v) is 28.0. The molecule has 0 unspecified atom stereocenters. The van der Waals surface area contributed by atoms with E-state index in [0.717, 1.165) is 186 Å². The minimum Gasteiger partial charge on any atom is -0.458 e. The Balaban J connectivity index is 0.660. The second-order valence-electron chi connectivity index (χ2n) is 35.4. The number of anilines is 12. The molecule has 27 rings (SSSR count). The van der Waals surface area contributed by atoms with Gasteiger partial charge in [-0.05, 0) is 271 Å². The average molecular weight is 1630 g/mol. The summed E-state index contributed by atoms with van der Waals surface area (Å²) in [5.41, 5.74) is 40.4. The largest absolute Gasteiger partial charge is 0.458 e. The summed E-state index contributed by atoms with van der Waals surface area (Å²) < 4.78 is 30.7. The van der Waals surface area contributed by atoms with Crippen molar-refractivity contribution in [2.45, 2.75) is 41.5 Å². The first kappa shape index (κ1) is 71.7. The zero-order chi connectivity index (χ0) is 84.0. The smallest absolute Gasteiger partial charge is 0.256 e. The Morgan fingerprint density at radius 2 is 0.457 bits per heavy atom. The van der Waals surface area contributed by atoms with Gasteiger partial charge in [0.1, 0.15) is 34.5 Å². The fourth-order valence-electron chi connectivity index (χ4n) is 22.5. The van der Waals surface area contributed by atoms with Crippen LogP contribution in [0.4, 0.5) is 68.2 Å². The molecule has 0 saturated heterocycles. The number of hydrogen-bond donors (Lipinski definition) is 0. The van der Waals surface area contributed by atoms with Crippen molar-refractivity contribution in [3.8, 4) is 51.6 Å². The summed E-state index contributed by atoms with van der Waals surface area (Å²) in [5, 5.41) is 7.11. The maximum Gasteiger partial charge on any atom is 0.256 e. The molecule has 0 aliphatic carbocycles. The molecule has 21 aromatic rings. The summed E-state index contributed by atoms with van der Waals surface area (Å²) in [6.45, 7) is 12.5. The van der Waals surface area contributed by atoms with Crippen molar-refractivity contribution in [3.05, 3.63) is 397 Å². The van der Waals surface area contributed by atoms with Crippen LogP contribution in [-0.4, -0.2) is 33.8 Å². The molecule has 0 radical (unpaired) electrons.